The van der Waals surface area contributed by atoms with Crippen LogP contribution in [-0.4, -0.2) is 72.3 Å². The molecule has 0 aliphatic heterocycles. The van der Waals surface area contributed by atoms with Crippen LogP contribution in [0.5, 0.6) is 0 Å². The zero-order valence-electron chi connectivity index (χ0n) is 8.32. The Morgan fingerprint density at radius 2 is 1.59 bits per heavy atom. The van der Waals surface area contributed by atoms with Crippen LogP contribution < -0.4 is 0 Å². The number of hydrogen-bond acceptors (Lipinski definition) is 8. The number of aliphatic hydroxyl groups is 5. The highest BCUT2D eigenvalue weighted by molar-refractivity contribution is 7.46. The van der Waals surface area contributed by atoms with Gasteiger partial charge in [0.1, 0.15) is 18.3 Å². The lowest BCUT2D eigenvalue weighted by Crippen LogP contribution is -2.48. The second-order valence-corrected chi connectivity index (χ2v) is 4.24. The Balaban J connectivity index is 4.54. The Kier molecular flexibility index (Phi) is 6.16. The third-order valence-electron chi connectivity index (χ3n) is 1.71. The summed E-state index contributed by atoms with van der Waals surface area (Å²) in [6.45, 7) is -0.960. The Bertz CT molecular complexity index is 299. The van der Waals surface area contributed by atoms with E-state index in [0.717, 1.165) is 0 Å². The second-order valence-electron chi connectivity index (χ2n) is 3.08. The molecule has 10 nitrogen and oxygen atoms in total. The van der Waals surface area contributed by atoms with Crippen molar-refractivity contribution in [3.8, 4) is 0 Å². The van der Waals surface area contributed by atoms with Crippen LogP contribution in [-0.2, 0) is 13.9 Å². The van der Waals surface area contributed by atoms with E-state index in [1.165, 1.54) is 0 Å². The van der Waals surface area contributed by atoms with E-state index >= 15 is 0 Å². The van der Waals surface area contributed by atoms with Gasteiger partial charge in [0.05, 0.1) is 6.61 Å². The molecular formula is C6H13O10P. The predicted octanol–water partition coefficient (Wildman–Crippen LogP) is -3.94. The van der Waals surface area contributed by atoms with E-state index < -0.39 is 44.8 Å². The van der Waals surface area contributed by atoms with E-state index in [1.807, 2.05) is 0 Å². The van der Waals surface area contributed by atoms with Crippen molar-refractivity contribution in [2.75, 3.05) is 6.61 Å². The number of carbonyl (C=O) groups excluding carboxylic acids is 1. The molecule has 0 bridgehead atoms. The largest absolute Gasteiger partial charge is 0.527 e. The van der Waals surface area contributed by atoms with E-state index in [4.69, 9.17) is 35.3 Å². The van der Waals surface area contributed by atoms with Gasteiger partial charge in [0, 0.05) is 0 Å². The van der Waals surface area contributed by atoms with Crippen LogP contribution in [0.15, 0.2) is 0 Å². The van der Waals surface area contributed by atoms with Crippen LogP contribution in [0.4, 0.5) is 0 Å². The average Bonchev–Trinajstić information content (AvgIpc) is 2.22. The zero-order chi connectivity index (χ0) is 13.8. The van der Waals surface area contributed by atoms with Crippen molar-refractivity contribution in [1.82, 2.24) is 0 Å². The third-order valence-corrected chi connectivity index (χ3v) is 2.12. The van der Waals surface area contributed by atoms with Gasteiger partial charge in [-0.1, -0.05) is 0 Å². The topological polar surface area (TPSA) is 185 Å². The van der Waals surface area contributed by atoms with E-state index in [1.54, 1.807) is 0 Å². The summed E-state index contributed by atoms with van der Waals surface area (Å²) < 4.78 is 13.7. The number of aliphatic hydroxyl groups excluding tert-OH is 5. The summed E-state index contributed by atoms with van der Waals surface area (Å²) in [6.07, 6.45) is -8.71. The van der Waals surface area contributed by atoms with Gasteiger partial charge in [-0.25, -0.2) is 9.36 Å². The maximum absolute atomic E-state index is 10.8. The lowest BCUT2D eigenvalue weighted by Gasteiger charge is -2.24. The normalized spacial score (nSPS) is 19.2. The smallest absolute Gasteiger partial charge is 0.394 e. The summed E-state index contributed by atoms with van der Waals surface area (Å²) >= 11 is 0. The van der Waals surface area contributed by atoms with Crippen LogP contribution >= 0.6 is 7.82 Å². The highest BCUT2D eigenvalue weighted by atomic mass is 31.2. The first-order valence-corrected chi connectivity index (χ1v) is 5.75. The van der Waals surface area contributed by atoms with Crippen LogP contribution in [0.1, 0.15) is 0 Å². The van der Waals surface area contributed by atoms with Crippen LogP contribution in [0, 0.1) is 0 Å². The summed E-state index contributed by atoms with van der Waals surface area (Å²) in [5, 5.41) is 44.6. The molecule has 0 aliphatic rings. The maximum atomic E-state index is 10.8. The maximum Gasteiger partial charge on any atom is 0.527 e. The minimum absolute atomic E-state index is 0.960. The fourth-order valence-electron chi connectivity index (χ4n) is 0.833. The lowest BCUT2D eigenvalue weighted by molar-refractivity contribution is -0.162. The molecule has 7 N–H and O–H groups in total. The van der Waals surface area contributed by atoms with Crippen molar-refractivity contribution in [3.05, 3.63) is 0 Å². The van der Waals surface area contributed by atoms with Crippen molar-refractivity contribution in [3.63, 3.8) is 0 Å². The SMILES string of the molecule is O=C(OP(=O)(O)O)[C@@H](O)[C@@H](O)[C@@H](O)[C@H](O)CO. The molecular weight excluding hydrogens is 263 g/mol. The van der Waals surface area contributed by atoms with E-state index in [9.17, 15) is 9.36 Å². The summed E-state index contributed by atoms with van der Waals surface area (Å²) in [6, 6.07) is 0. The molecule has 0 aromatic heterocycles. The first-order chi connectivity index (χ1) is 7.60. The Morgan fingerprint density at radius 3 is 1.94 bits per heavy atom. The minimum atomic E-state index is -5.19. The minimum Gasteiger partial charge on any atom is -0.394 e. The number of hydrogen-bond donors (Lipinski definition) is 7. The zero-order valence-corrected chi connectivity index (χ0v) is 9.21. The first-order valence-electron chi connectivity index (χ1n) is 4.22. The van der Waals surface area contributed by atoms with Crippen molar-refractivity contribution in [2.45, 2.75) is 24.4 Å². The monoisotopic (exact) mass is 276 g/mol. The highest BCUT2D eigenvalue weighted by Crippen LogP contribution is 2.36. The van der Waals surface area contributed by atoms with Gasteiger partial charge in [-0.2, -0.15) is 0 Å². The molecule has 0 amide bonds. The molecule has 17 heavy (non-hydrogen) atoms. The molecule has 0 unspecified atom stereocenters. The fourth-order valence-corrected chi connectivity index (χ4v) is 1.18. The average molecular weight is 276 g/mol. The molecule has 0 spiro atoms. The standard InChI is InChI=1S/C6H13O10P/c7-1-2(8)3(9)4(10)5(11)6(12)16-17(13,14)15/h2-5,7-11H,1H2,(H2,13,14,15)/t2-,3+,4+,5+/m1/s1. The molecule has 0 aliphatic carbocycles. The number of carbonyl (C=O) groups is 1. The lowest BCUT2D eigenvalue weighted by atomic mass is 10.0. The molecule has 0 fully saturated rings. The van der Waals surface area contributed by atoms with E-state index in [-0.39, 0.29) is 0 Å². The first kappa shape index (κ1) is 16.4. The van der Waals surface area contributed by atoms with Crippen molar-refractivity contribution >= 4 is 13.8 Å². The van der Waals surface area contributed by atoms with Crippen molar-refractivity contribution in [2.24, 2.45) is 0 Å². The summed E-state index contributed by atoms with van der Waals surface area (Å²) in [5.74, 6) is -1.88. The second kappa shape index (κ2) is 6.38. The van der Waals surface area contributed by atoms with Crippen LogP contribution in [0.2, 0.25) is 0 Å². The molecule has 4 atom stereocenters. The van der Waals surface area contributed by atoms with E-state index in [0.29, 0.717) is 0 Å². The van der Waals surface area contributed by atoms with E-state index in [2.05, 4.69) is 4.52 Å². The molecule has 0 aromatic rings. The number of phosphoric ester groups is 1. The summed E-state index contributed by atoms with van der Waals surface area (Å²) in [4.78, 5) is 27.3. The number of rotatable bonds is 6. The van der Waals surface area contributed by atoms with Gasteiger partial charge in [0.15, 0.2) is 6.10 Å². The molecule has 0 rings (SSSR count). The summed E-state index contributed by atoms with van der Waals surface area (Å²) in [5.41, 5.74) is 0. The molecule has 102 valence electrons. The molecule has 0 saturated heterocycles. The van der Waals surface area contributed by atoms with Gasteiger partial charge in [-0.3, -0.25) is 9.79 Å². The highest BCUT2D eigenvalue weighted by Gasteiger charge is 2.37. The Labute approximate surface area is 94.9 Å². The third kappa shape index (κ3) is 5.52. The summed E-state index contributed by atoms with van der Waals surface area (Å²) in [7, 11) is -5.19. The van der Waals surface area contributed by atoms with Gasteiger partial charge in [-0.15, -0.1) is 0 Å². The van der Waals surface area contributed by atoms with Crippen LogP contribution in [0.25, 0.3) is 0 Å². The van der Waals surface area contributed by atoms with Gasteiger partial charge < -0.3 is 30.1 Å². The quantitative estimate of drug-likeness (QED) is 0.236. The van der Waals surface area contributed by atoms with Gasteiger partial charge in [-0.05, 0) is 0 Å². The predicted molar refractivity (Wildman–Crippen MR) is 49.2 cm³/mol. The van der Waals surface area contributed by atoms with Gasteiger partial charge in [0.25, 0.3) is 0 Å². The fraction of sp³-hybridized carbons (Fsp3) is 0.833. The molecule has 0 heterocycles. The van der Waals surface area contributed by atoms with Gasteiger partial charge >= 0.3 is 13.8 Å². The molecule has 0 aromatic carbocycles. The molecule has 0 radical (unpaired) electrons. The number of phosphoric acid groups is 1. The van der Waals surface area contributed by atoms with Gasteiger partial charge in [0.2, 0.25) is 0 Å². The molecule has 11 heteroatoms. The molecule has 0 saturated carbocycles. The van der Waals surface area contributed by atoms with Crippen LogP contribution in [0.3, 0.4) is 0 Å². The van der Waals surface area contributed by atoms with Crippen molar-refractivity contribution in [1.29, 1.82) is 0 Å². The van der Waals surface area contributed by atoms with Crippen molar-refractivity contribution < 1.29 is 49.2 Å². The Morgan fingerprint density at radius 1 is 1.12 bits per heavy atom. The Hall–Kier alpha value is -0.580.